The minimum Gasteiger partial charge on any atom is -0.313 e. The van der Waals surface area contributed by atoms with Crippen molar-refractivity contribution in [2.24, 2.45) is 0 Å². The van der Waals surface area contributed by atoms with E-state index in [-0.39, 0.29) is 5.50 Å². The van der Waals surface area contributed by atoms with Crippen LogP contribution in [0.5, 0.6) is 0 Å². The molecule has 1 unspecified atom stereocenters. The Labute approximate surface area is 82.3 Å². The van der Waals surface area contributed by atoms with Gasteiger partial charge in [-0.05, 0) is 19.9 Å². The molecule has 0 bridgehead atoms. The predicted molar refractivity (Wildman–Crippen MR) is 50.6 cm³/mol. The highest BCUT2D eigenvalue weighted by Gasteiger charge is 2.21. The topological polar surface area (TPSA) is 42.7 Å². The normalized spacial score (nSPS) is 21.5. The van der Waals surface area contributed by atoms with E-state index in [4.69, 9.17) is 11.6 Å². The number of rotatable bonds is 2. The highest BCUT2D eigenvalue weighted by Crippen LogP contribution is 2.27. The molecule has 1 aliphatic heterocycles. The number of nitrogens with zero attached hydrogens (tertiary/aromatic N) is 3. The third kappa shape index (κ3) is 1.56. The van der Waals surface area contributed by atoms with Crippen molar-refractivity contribution in [2.75, 3.05) is 7.05 Å². The van der Waals surface area contributed by atoms with Crippen LogP contribution < -0.4 is 5.32 Å². The number of fused-ring (bicyclic) bond motifs is 1. The van der Waals surface area contributed by atoms with Gasteiger partial charge < -0.3 is 5.32 Å². The molecule has 2 heterocycles. The van der Waals surface area contributed by atoms with Crippen molar-refractivity contribution in [1.82, 2.24) is 20.1 Å². The van der Waals surface area contributed by atoms with Crippen LogP contribution in [-0.4, -0.2) is 21.8 Å². The molecule has 0 spiro atoms. The van der Waals surface area contributed by atoms with Gasteiger partial charge in [0, 0.05) is 6.42 Å². The van der Waals surface area contributed by atoms with Crippen molar-refractivity contribution in [3.8, 4) is 0 Å². The summed E-state index contributed by atoms with van der Waals surface area (Å²) in [5.41, 5.74) is 0.0436. The molecule has 0 saturated carbocycles. The lowest BCUT2D eigenvalue weighted by Gasteiger charge is -2.20. The van der Waals surface area contributed by atoms with Gasteiger partial charge in [0.25, 0.3) is 0 Å². The monoisotopic (exact) mass is 200 g/mol. The second-order valence-corrected chi connectivity index (χ2v) is 3.76. The molecule has 1 atom stereocenters. The summed E-state index contributed by atoms with van der Waals surface area (Å²) in [6, 6.07) is 0. The third-order valence-electron chi connectivity index (χ3n) is 2.29. The van der Waals surface area contributed by atoms with E-state index in [2.05, 4.69) is 15.5 Å². The summed E-state index contributed by atoms with van der Waals surface area (Å²) in [4.78, 5) is 0. The average Bonchev–Trinajstić information content (AvgIpc) is 2.51. The molecule has 4 nitrogen and oxygen atoms in total. The number of hydrogen-bond donors (Lipinski definition) is 1. The lowest BCUT2D eigenvalue weighted by molar-refractivity contribution is 0.483. The van der Waals surface area contributed by atoms with E-state index in [0.29, 0.717) is 0 Å². The summed E-state index contributed by atoms with van der Waals surface area (Å²) < 4.78 is 2.04. The fourth-order valence-corrected chi connectivity index (χ4v) is 2.07. The van der Waals surface area contributed by atoms with Gasteiger partial charge >= 0.3 is 0 Å². The highest BCUT2D eigenvalue weighted by atomic mass is 35.5. The Kier molecular flexibility index (Phi) is 2.51. The van der Waals surface area contributed by atoms with E-state index >= 15 is 0 Å². The lowest BCUT2D eigenvalue weighted by atomic mass is 10.1. The Bertz CT molecular complexity index is 296. The van der Waals surface area contributed by atoms with E-state index in [1.54, 1.807) is 0 Å². The maximum Gasteiger partial charge on any atom is 0.148 e. The summed E-state index contributed by atoms with van der Waals surface area (Å²) in [5, 5.41) is 11.3. The fraction of sp³-hybridized carbons (Fsp3) is 0.750. The Morgan fingerprint density at radius 3 is 3.23 bits per heavy atom. The molecule has 1 N–H and O–H groups in total. The zero-order valence-electron chi connectivity index (χ0n) is 7.63. The molecule has 13 heavy (non-hydrogen) atoms. The molecular weight excluding hydrogens is 188 g/mol. The molecular formula is C8H13ClN4. The fourth-order valence-electron chi connectivity index (χ4n) is 1.69. The zero-order valence-corrected chi connectivity index (χ0v) is 8.38. The second kappa shape index (κ2) is 3.64. The molecule has 1 aliphatic rings. The van der Waals surface area contributed by atoms with E-state index in [0.717, 1.165) is 37.5 Å². The molecule has 5 heteroatoms. The molecule has 0 fully saturated rings. The third-order valence-corrected chi connectivity index (χ3v) is 2.71. The van der Waals surface area contributed by atoms with Gasteiger partial charge in [-0.1, -0.05) is 11.6 Å². The lowest BCUT2D eigenvalue weighted by Crippen LogP contribution is -2.19. The smallest absolute Gasteiger partial charge is 0.148 e. The maximum absolute atomic E-state index is 6.18. The summed E-state index contributed by atoms with van der Waals surface area (Å²) in [5.74, 6) is 1.97. The number of alkyl halides is 1. The molecule has 1 aromatic heterocycles. The first kappa shape index (κ1) is 8.97. The standard InChI is InChI=1S/C8H13ClN4/c1-10-5-8-12-11-7-4-2-3-6(9)13(7)8/h6,10H,2-5H2,1H3. The molecule has 72 valence electrons. The summed E-state index contributed by atoms with van der Waals surface area (Å²) >= 11 is 6.18. The van der Waals surface area contributed by atoms with Crippen LogP contribution in [0.15, 0.2) is 0 Å². The van der Waals surface area contributed by atoms with E-state index in [1.807, 2.05) is 11.6 Å². The molecule has 0 aliphatic carbocycles. The van der Waals surface area contributed by atoms with Crippen LogP contribution in [0.2, 0.25) is 0 Å². The molecule has 0 aromatic carbocycles. The van der Waals surface area contributed by atoms with Crippen molar-refractivity contribution in [1.29, 1.82) is 0 Å². The van der Waals surface area contributed by atoms with Crippen LogP contribution in [0.1, 0.15) is 30.0 Å². The number of hydrogen-bond acceptors (Lipinski definition) is 3. The second-order valence-electron chi connectivity index (χ2n) is 3.26. The van der Waals surface area contributed by atoms with Crippen LogP contribution in [0.25, 0.3) is 0 Å². The van der Waals surface area contributed by atoms with Crippen LogP contribution >= 0.6 is 11.6 Å². The van der Waals surface area contributed by atoms with Crippen molar-refractivity contribution in [3.05, 3.63) is 11.6 Å². The molecule has 0 amide bonds. The minimum absolute atomic E-state index is 0.0436. The van der Waals surface area contributed by atoms with Gasteiger partial charge in [0.05, 0.1) is 6.54 Å². The van der Waals surface area contributed by atoms with Gasteiger partial charge in [0.1, 0.15) is 17.1 Å². The van der Waals surface area contributed by atoms with Crippen molar-refractivity contribution in [2.45, 2.75) is 31.3 Å². The van der Waals surface area contributed by atoms with E-state index < -0.39 is 0 Å². The Balaban J connectivity index is 2.32. The van der Waals surface area contributed by atoms with Crippen molar-refractivity contribution in [3.63, 3.8) is 0 Å². The molecule has 0 radical (unpaired) electrons. The number of aromatic nitrogens is 3. The van der Waals surface area contributed by atoms with Crippen molar-refractivity contribution >= 4 is 11.6 Å². The largest absolute Gasteiger partial charge is 0.313 e. The summed E-state index contributed by atoms with van der Waals surface area (Å²) in [6.07, 6.45) is 3.13. The molecule has 0 saturated heterocycles. The summed E-state index contributed by atoms with van der Waals surface area (Å²) in [7, 11) is 1.90. The van der Waals surface area contributed by atoms with Crippen LogP contribution in [0.4, 0.5) is 0 Å². The highest BCUT2D eigenvalue weighted by molar-refractivity contribution is 6.19. The molecule has 2 rings (SSSR count). The quantitative estimate of drug-likeness (QED) is 0.727. The number of nitrogens with one attached hydrogen (secondary N) is 1. The van der Waals surface area contributed by atoms with Gasteiger partial charge in [0.2, 0.25) is 0 Å². The first-order chi connectivity index (χ1) is 6.33. The minimum atomic E-state index is 0.0436. The molecule has 1 aromatic rings. The van der Waals surface area contributed by atoms with E-state index in [1.165, 1.54) is 0 Å². The number of aryl methyl sites for hydroxylation is 1. The Morgan fingerprint density at radius 2 is 2.46 bits per heavy atom. The number of halogens is 1. The van der Waals surface area contributed by atoms with E-state index in [9.17, 15) is 0 Å². The maximum atomic E-state index is 6.18. The average molecular weight is 201 g/mol. The van der Waals surface area contributed by atoms with Gasteiger partial charge in [-0.3, -0.25) is 4.57 Å². The van der Waals surface area contributed by atoms with Crippen molar-refractivity contribution < 1.29 is 0 Å². The van der Waals surface area contributed by atoms with Gasteiger partial charge in [0.15, 0.2) is 0 Å². The SMILES string of the molecule is CNCc1nnc2n1C(Cl)CCC2. The van der Waals surface area contributed by atoms with Crippen LogP contribution in [0, 0.1) is 0 Å². The van der Waals surface area contributed by atoms with Gasteiger partial charge in [-0.2, -0.15) is 0 Å². The van der Waals surface area contributed by atoms with Crippen LogP contribution in [0.3, 0.4) is 0 Å². The van der Waals surface area contributed by atoms with Gasteiger partial charge in [-0.15, -0.1) is 10.2 Å². The summed E-state index contributed by atoms with van der Waals surface area (Å²) in [6.45, 7) is 0.732. The first-order valence-electron chi connectivity index (χ1n) is 4.54. The Morgan fingerprint density at radius 1 is 1.62 bits per heavy atom. The zero-order chi connectivity index (χ0) is 9.26. The van der Waals surface area contributed by atoms with Crippen LogP contribution in [-0.2, 0) is 13.0 Å². The predicted octanol–water partition coefficient (Wildman–Crippen LogP) is 1.07. The van der Waals surface area contributed by atoms with Gasteiger partial charge in [-0.25, -0.2) is 0 Å². The Hall–Kier alpha value is -0.610. The first-order valence-corrected chi connectivity index (χ1v) is 4.98.